The van der Waals surface area contributed by atoms with Gasteiger partial charge in [-0.15, -0.1) is 0 Å². The molecule has 31 heavy (non-hydrogen) atoms. The van der Waals surface area contributed by atoms with Gasteiger partial charge in [0, 0.05) is 26.2 Å². The molecule has 0 saturated carbocycles. The summed E-state index contributed by atoms with van der Waals surface area (Å²) in [5, 5.41) is 3.87. The Morgan fingerprint density at radius 3 is 2.68 bits per heavy atom. The monoisotopic (exact) mass is 447 g/mol. The van der Waals surface area contributed by atoms with E-state index in [1.54, 1.807) is 31.2 Å². The molecule has 0 N–H and O–H groups in total. The van der Waals surface area contributed by atoms with E-state index < -0.39 is 10.0 Å². The number of aryl methyl sites for hydroxylation is 1. The van der Waals surface area contributed by atoms with Crippen LogP contribution < -0.4 is 0 Å². The summed E-state index contributed by atoms with van der Waals surface area (Å²) in [7, 11) is -3.85. The van der Waals surface area contributed by atoms with Gasteiger partial charge in [0.2, 0.25) is 15.9 Å². The van der Waals surface area contributed by atoms with E-state index in [4.69, 9.17) is 8.94 Å². The van der Waals surface area contributed by atoms with Crippen molar-refractivity contribution < 1.29 is 22.2 Å². The highest BCUT2D eigenvalue weighted by molar-refractivity contribution is 7.89. The van der Waals surface area contributed by atoms with Crippen molar-refractivity contribution in [2.45, 2.75) is 44.4 Å². The van der Waals surface area contributed by atoms with Crippen molar-refractivity contribution in [1.82, 2.24) is 14.4 Å². The molecular weight excluding hydrogens is 418 g/mol. The maximum absolute atomic E-state index is 13.5. The summed E-state index contributed by atoms with van der Waals surface area (Å²) in [5.41, 5.74) is 0.303. The number of hydrogen-bond acceptors (Lipinski definition) is 6. The summed E-state index contributed by atoms with van der Waals surface area (Å²) >= 11 is 0. The van der Waals surface area contributed by atoms with Crippen LogP contribution in [0.5, 0.6) is 0 Å². The first-order valence-corrected chi connectivity index (χ1v) is 12.3. The van der Waals surface area contributed by atoms with Crippen LogP contribution in [0.2, 0.25) is 0 Å². The zero-order valence-electron chi connectivity index (χ0n) is 18.0. The number of nitrogens with zero attached hydrogens (tertiary/aromatic N) is 3. The summed E-state index contributed by atoms with van der Waals surface area (Å²) in [5.74, 6) is 1.15. The highest BCUT2D eigenvalue weighted by atomic mass is 32.2. The Bertz CT molecular complexity index is 1030. The van der Waals surface area contributed by atoms with Crippen molar-refractivity contribution in [3.8, 4) is 0 Å². The van der Waals surface area contributed by atoms with E-state index in [2.05, 4.69) is 12.1 Å². The molecule has 4 heterocycles. The summed E-state index contributed by atoms with van der Waals surface area (Å²) in [6.07, 6.45) is 8.10. The Morgan fingerprint density at radius 1 is 1.19 bits per heavy atom. The summed E-state index contributed by atoms with van der Waals surface area (Å²) in [6, 6.07) is 3.51. The Morgan fingerprint density at radius 2 is 1.97 bits per heavy atom. The second-order valence-corrected chi connectivity index (χ2v) is 10.4. The molecule has 0 radical (unpaired) electrons. The first-order chi connectivity index (χ1) is 14.9. The maximum Gasteiger partial charge on any atom is 0.248 e. The van der Waals surface area contributed by atoms with Crippen molar-refractivity contribution >= 4 is 28.1 Å². The fraction of sp³-hybridized carbons (Fsp3) is 0.545. The minimum absolute atomic E-state index is 0.0511. The molecule has 1 amide bonds. The SMILES string of the molecule is Cc1noc(/C=C/c2ccco2)c1S(=O)(=O)N1CCC[C@@H](C(=O)N2CCC(C)CC2)C1. The van der Waals surface area contributed by atoms with Crippen LogP contribution in [0.1, 0.15) is 49.8 Å². The lowest BCUT2D eigenvalue weighted by atomic mass is 9.94. The number of furan rings is 1. The lowest BCUT2D eigenvalue weighted by Crippen LogP contribution is -2.48. The first kappa shape index (κ1) is 21.8. The van der Waals surface area contributed by atoms with E-state index in [9.17, 15) is 13.2 Å². The van der Waals surface area contributed by atoms with Gasteiger partial charge in [-0.2, -0.15) is 4.31 Å². The minimum atomic E-state index is -3.85. The minimum Gasteiger partial charge on any atom is -0.465 e. The molecule has 0 aliphatic carbocycles. The van der Waals surface area contributed by atoms with Crippen molar-refractivity contribution in [3.05, 3.63) is 35.6 Å². The molecule has 2 aliphatic rings. The van der Waals surface area contributed by atoms with Gasteiger partial charge in [-0.25, -0.2) is 8.42 Å². The van der Waals surface area contributed by atoms with Gasteiger partial charge in [0.05, 0.1) is 12.2 Å². The standard InChI is InChI=1S/C22H29N3O5S/c1-16-9-12-24(13-10-16)22(26)18-5-3-11-25(15-18)31(27,28)21-17(2)23-30-20(21)8-7-19-6-4-14-29-19/h4,6-8,14,16,18H,3,5,9-13,15H2,1-2H3/b8-7+/t18-/m1/s1. The average Bonchev–Trinajstić information content (AvgIpc) is 3.42. The molecule has 2 saturated heterocycles. The second kappa shape index (κ2) is 9.00. The smallest absolute Gasteiger partial charge is 0.248 e. The number of rotatable bonds is 5. The molecule has 4 rings (SSSR count). The highest BCUT2D eigenvalue weighted by Gasteiger charge is 2.38. The molecule has 1 atom stereocenters. The average molecular weight is 448 g/mol. The van der Waals surface area contributed by atoms with E-state index >= 15 is 0 Å². The lowest BCUT2D eigenvalue weighted by Gasteiger charge is -2.36. The van der Waals surface area contributed by atoms with Crippen LogP contribution in [0.4, 0.5) is 0 Å². The van der Waals surface area contributed by atoms with Crippen LogP contribution in [-0.2, 0) is 14.8 Å². The highest BCUT2D eigenvalue weighted by Crippen LogP contribution is 2.30. The largest absolute Gasteiger partial charge is 0.465 e. The molecule has 9 heteroatoms. The fourth-order valence-electron chi connectivity index (χ4n) is 4.32. The summed E-state index contributed by atoms with van der Waals surface area (Å²) in [4.78, 5) is 15.0. The number of sulfonamides is 1. The van der Waals surface area contributed by atoms with Gasteiger partial charge >= 0.3 is 0 Å². The second-order valence-electron chi connectivity index (χ2n) is 8.52. The van der Waals surface area contributed by atoms with E-state index in [1.807, 2.05) is 4.90 Å². The Labute approximate surface area is 182 Å². The van der Waals surface area contributed by atoms with E-state index in [0.29, 0.717) is 36.8 Å². The fourth-order valence-corrected chi connectivity index (χ4v) is 6.10. The van der Waals surface area contributed by atoms with E-state index in [-0.39, 0.29) is 29.0 Å². The van der Waals surface area contributed by atoms with Gasteiger partial charge in [-0.3, -0.25) is 4.79 Å². The molecule has 0 bridgehead atoms. The van der Waals surface area contributed by atoms with Crippen molar-refractivity contribution in [1.29, 1.82) is 0 Å². The summed E-state index contributed by atoms with van der Waals surface area (Å²) < 4.78 is 38.9. The molecule has 2 fully saturated rings. The third kappa shape index (κ3) is 4.62. The Hall–Kier alpha value is -2.39. The van der Waals surface area contributed by atoms with Gasteiger partial charge < -0.3 is 13.8 Å². The number of amides is 1. The van der Waals surface area contributed by atoms with Crippen LogP contribution >= 0.6 is 0 Å². The molecule has 8 nitrogen and oxygen atoms in total. The molecule has 2 aromatic rings. The maximum atomic E-state index is 13.5. The van der Waals surface area contributed by atoms with Crippen LogP contribution in [0.3, 0.4) is 0 Å². The van der Waals surface area contributed by atoms with Gasteiger partial charge in [0.25, 0.3) is 0 Å². The van der Waals surface area contributed by atoms with Crippen LogP contribution in [0.25, 0.3) is 12.2 Å². The Balaban J connectivity index is 1.52. The van der Waals surface area contributed by atoms with Gasteiger partial charge in [-0.1, -0.05) is 12.1 Å². The molecule has 0 unspecified atom stereocenters. The first-order valence-electron chi connectivity index (χ1n) is 10.8. The number of piperidine rings is 2. The van der Waals surface area contributed by atoms with E-state index in [1.165, 1.54) is 10.6 Å². The predicted molar refractivity (Wildman–Crippen MR) is 115 cm³/mol. The molecule has 0 spiro atoms. The molecule has 0 aromatic carbocycles. The van der Waals surface area contributed by atoms with Gasteiger partial charge in [0.1, 0.15) is 11.5 Å². The van der Waals surface area contributed by atoms with E-state index in [0.717, 1.165) is 25.9 Å². The number of carbonyl (C=O) groups excluding carboxylic acids is 1. The zero-order valence-corrected chi connectivity index (χ0v) is 18.8. The zero-order chi connectivity index (χ0) is 22.0. The molecular formula is C22H29N3O5S. The summed E-state index contributed by atoms with van der Waals surface area (Å²) in [6.45, 7) is 5.91. The number of aromatic nitrogens is 1. The van der Waals surface area contributed by atoms with Crippen molar-refractivity contribution in [2.24, 2.45) is 11.8 Å². The van der Waals surface area contributed by atoms with Crippen LogP contribution in [0.15, 0.2) is 32.2 Å². The molecule has 2 aliphatic heterocycles. The molecule has 2 aromatic heterocycles. The van der Waals surface area contributed by atoms with Crippen molar-refractivity contribution in [3.63, 3.8) is 0 Å². The van der Waals surface area contributed by atoms with Gasteiger partial charge in [0.15, 0.2) is 10.7 Å². The topological polar surface area (TPSA) is 96.9 Å². The van der Waals surface area contributed by atoms with Crippen LogP contribution in [-0.4, -0.2) is 54.9 Å². The normalized spacial score (nSPS) is 21.7. The Kier molecular flexibility index (Phi) is 6.34. The van der Waals surface area contributed by atoms with Crippen molar-refractivity contribution in [2.75, 3.05) is 26.2 Å². The quantitative estimate of drug-likeness (QED) is 0.697. The number of carbonyl (C=O) groups is 1. The van der Waals surface area contributed by atoms with Gasteiger partial charge in [-0.05, 0) is 62.8 Å². The third-order valence-corrected chi connectivity index (χ3v) is 8.23. The predicted octanol–water partition coefficient (Wildman–Crippen LogP) is 3.41. The number of likely N-dealkylation sites (tertiary alicyclic amines) is 1. The third-order valence-electron chi connectivity index (χ3n) is 6.20. The van der Waals surface area contributed by atoms with Crippen LogP contribution in [0, 0.1) is 18.8 Å². The number of hydrogen-bond donors (Lipinski definition) is 0. The molecule has 168 valence electrons. The lowest BCUT2D eigenvalue weighted by molar-refractivity contribution is -0.138.